The number of carbonyl (C=O) groups is 6. The number of aliphatic hydroxyl groups is 2. The number of benzene rings is 2. The highest BCUT2D eigenvalue weighted by molar-refractivity contribution is 6.39. The molecule has 15 atom stereocenters. The summed E-state index contributed by atoms with van der Waals surface area (Å²) in [5.41, 5.74) is 20.9. The van der Waals surface area contributed by atoms with Gasteiger partial charge in [-0.3, -0.25) is 24.0 Å². The van der Waals surface area contributed by atoms with Gasteiger partial charge in [-0.2, -0.15) is 10.1 Å². The fraction of sp³-hybridized carbons (Fsp3) is 0.653. The van der Waals surface area contributed by atoms with E-state index in [0.29, 0.717) is 229 Å². The Morgan fingerprint density at radius 3 is 2.10 bits per heavy atom. The van der Waals surface area contributed by atoms with Crippen LogP contribution < -0.4 is 11.5 Å². The van der Waals surface area contributed by atoms with Gasteiger partial charge in [0.05, 0.1) is 161 Å². The third kappa shape index (κ3) is 30.7. The summed E-state index contributed by atoms with van der Waals surface area (Å²) < 4.78 is 91.2. The molecular formula is C98H142N12O23. The van der Waals surface area contributed by atoms with Crippen LogP contribution in [-0.4, -0.2) is 296 Å². The van der Waals surface area contributed by atoms with Crippen LogP contribution in [0, 0.1) is 35.5 Å². The molecule has 11 rings (SSSR count). The van der Waals surface area contributed by atoms with Crippen LogP contribution in [0.2, 0.25) is 0 Å². The van der Waals surface area contributed by atoms with E-state index in [0.717, 1.165) is 66.5 Å². The van der Waals surface area contributed by atoms with E-state index in [1.54, 1.807) is 51.8 Å². The fourth-order valence-corrected chi connectivity index (χ4v) is 18.1. The van der Waals surface area contributed by atoms with E-state index >= 15 is 0 Å². The number of aliphatic hydroxyl groups excluding tert-OH is 1. The number of nitrogens with two attached hydrogens (primary N) is 2. The molecule has 4 aliphatic heterocycles. The lowest BCUT2D eigenvalue weighted by Gasteiger charge is -2.42. The second kappa shape index (κ2) is 53.5. The van der Waals surface area contributed by atoms with Gasteiger partial charge < -0.3 is 102 Å². The van der Waals surface area contributed by atoms with Crippen LogP contribution in [0.1, 0.15) is 167 Å². The van der Waals surface area contributed by atoms with Crippen LogP contribution in [0.4, 0.5) is 11.8 Å². The minimum absolute atomic E-state index is 0.00551. The number of cyclic esters (lactones) is 1. The number of allylic oxidation sites excluding steroid dienone is 6. The van der Waals surface area contributed by atoms with E-state index in [4.69, 9.17) is 87.3 Å². The van der Waals surface area contributed by atoms with Crippen molar-refractivity contribution in [2.24, 2.45) is 35.5 Å². The van der Waals surface area contributed by atoms with Gasteiger partial charge in [-0.05, 0) is 168 Å². The maximum absolute atomic E-state index is 14.8. The highest BCUT2D eigenvalue weighted by Gasteiger charge is 2.53. The van der Waals surface area contributed by atoms with Crippen LogP contribution >= 0.6 is 0 Å². The molecule has 2 saturated heterocycles. The van der Waals surface area contributed by atoms with Crippen molar-refractivity contribution in [1.82, 2.24) is 49.5 Å². The molecule has 1 aliphatic carbocycles. The summed E-state index contributed by atoms with van der Waals surface area (Å²) in [6, 6.07) is 10.8. The molecule has 0 unspecified atom stereocenters. The van der Waals surface area contributed by atoms with Crippen LogP contribution in [0.15, 0.2) is 101 Å². The number of ketones is 3. The van der Waals surface area contributed by atoms with Gasteiger partial charge in [-0.15, -0.1) is 5.10 Å². The van der Waals surface area contributed by atoms with Crippen molar-refractivity contribution in [2.45, 2.75) is 232 Å². The number of nitrogens with zero attached hydrogens (tertiary/aromatic N) is 10. The van der Waals surface area contributed by atoms with Crippen molar-refractivity contribution in [3.63, 3.8) is 0 Å². The number of hydrogen-bond acceptors (Lipinski definition) is 31. The number of aromatic nitrogens is 8. The van der Waals surface area contributed by atoms with Gasteiger partial charge in [0.2, 0.25) is 11.7 Å². The van der Waals surface area contributed by atoms with Crippen LogP contribution in [0.3, 0.4) is 0 Å². The molecule has 4 aromatic heterocycles. The molecule has 8 heterocycles. The number of aryl methyl sites for hydroxylation is 1. The molecule has 133 heavy (non-hydrogen) atoms. The van der Waals surface area contributed by atoms with Crippen LogP contribution in [0.5, 0.6) is 0 Å². The average Bonchev–Trinajstić information content (AvgIpc) is 1.64. The van der Waals surface area contributed by atoms with Gasteiger partial charge in [0.15, 0.2) is 17.0 Å². The van der Waals surface area contributed by atoms with Crippen molar-refractivity contribution in [1.29, 1.82) is 0 Å². The molecule has 2 bridgehead atoms. The third-order valence-electron chi connectivity index (χ3n) is 25.9. The number of rotatable bonds is 42. The first-order valence-corrected chi connectivity index (χ1v) is 47.5. The summed E-state index contributed by atoms with van der Waals surface area (Å²) in [4.78, 5) is 102. The molecule has 35 heteroatoms. The van der Waals surface area contributed by atoms with Crippen molar-refractivity contribution >= 4 is 69.1 Å². The number of piperidine rings is 1. The summed E-state index contributed by atoms with van der Waals surface area (Å²) in [6.07, 6.45) is 18.6. The maximum atomic E-state index is 14.8. The van der Waals surface area contributed by atoms with E-state index in [9.17, 15) is 39.0 Å². The largest absolute Gasteiger partial charge is 0.460 e. The molecule has 0 radical (unpaired) electrons. The topological polar surface area (TPSA) is 431 Å². The number of Topliss-reactive ketones (excluding diaryl/α,β-unsaturated/α-hetero) is 3. The molecule has 6 aromatic rings. The highest BCUT2D eigenvalue weighted by Crippen LogP contribution is 2.40. The number of unbranched alkanes of at least 4 members (excludes halogenated alkanes) is 1. The number of anilines is 2. The number of oxazole rings is 1. The molecule has 5 aliphatic rings. The lowest BCUT2D eigenvalue weighted by atomic mass is 9.78. The summed E-state index contributed by atoms with van der Waals surface area (Å²) in [6.45, 7) is 22.2. The smallest absolute Gasteiger partial charge is 0.329 e. The van der Waals surface area contributed by atoms with Gasteiger partial charge in [-0.1, -0.05) is 94.5 Å². The lowest BCUT2D eigenvalue weighted by Crippen LogP contribution is -2.61. The number of carbonyl (C=O) groups excluding carboxylic acids is 6. The first kappa shape index (κ1) is 104. The van der Waals surface area contributed by atoms with Crippen molar-refractivity contribution < 1.29 is 110 Å². The second-order valence-corrected chi connectivity index (χ2v) is 35.9. The number of hydrogen-bond donors (Lipinski definition) is 4. The van der Waals surface area contributed by atoms with Crippen LogP contribution in [-0.2, 0) is 128 Å². The Morgan fingerprint density at radius 1 is 0.707 bits per heavy atom. The molecule has 0 spiro atoms. The third-order valence-corrected chi connectivity index (χ3v) is 25.9. The Labute approximate surface area is 780 Å². The van der Waals surface area contributed by atoms with Crippen molar-refractivity contribution in [2.75, 3.05) is 158 Å². The fourth-order valence-electron chi connectivity index (χ4n) is 18.1. The predicted octanol–water partition coefficient (Wildman–Crippen LogP) is 10.1. The zero-order valence-electron chi connectivity index (χ0n) is 79.3. The molecule has 2 aromatic carbocycles. The van der Waals surface area contributed by atoms with E-state index < -0.39 is 77.8 Å². The Hall–Kier alpha value is -9.02. The van der Waals surface area contributed by atoms with Gasteiger partial charge in [0.25, 0.3) is 17.7 Å². The normalized spacial score (nSPS) is 26.4. The number of nitrogen functional groups attached to an aromatic ring is 2. The number of methoxy groups -OCH3 is 3. The quantitative estimate of drug-likeness (QED) is 0.0120. The van der Waals surface area contributed by atoms with Gasteiger partial charge in [0, 0.05) is 89.9 Å². The summed E-state index contributed by atoms with van der Waals surface area (Å²) in [7, 11) is 4.65. The number of ether oxygens (including phenoxy) is 14. The highest BCUT2D eigenvalue weighted by atomic mass is 16.6. The zero-order chi connectivity index (χ0) is 94.8. The summed E-state index contributed by atoms with van der Waals surface area (Å²) >= 11 is 0. The zero-order valence-corrected chi connectivity index (χ0v) is 79.3. The van der Waals surface area contributed by atoms with Crippen molar-refractivity contribution in [3.8, 4) is 11.3 Å². The monoisotopic (exact) mass is 1860 g/mol. The molecule has 6 N–H and O–H groups in total. The molecular weight excluding hydrogens is 1710 g/mol. The lowest BCUT2D eigenvalue weighted by molar-refractivity contribution is -0.265. The van der Waals surface area contributed by atoms with Crippen molar-refractivity contribution in [3.05, 3.63) is 119 Å². The number of fused-ring (bicyclic) bond motifs is 6. The molecule has 732 valence electrons. The molecule has 3 fully saturated rings. The van der Waals surface area contributed by atoms with E-state index in [1.165, 1.54) is 23.9 Å². The minimum Gasteiger partial charge on any atom is -0.460 e. The van der Waals surface area contributed by atoms with Crippen LogP contribution in [0.25, 0.3) is 33.4 Å². The Morgan fingerprint density at radius 2 is 1.41 bits per heavy atom. The van der Waals surface area contributed by atoms with E-state index in [2.05, 4.69) is 43.5 Å². The average molecular weight is 1860 g/mol. The number of esters is 1. The predicted molar refractivity (Wildman–Crippen MR) is 495 cm³/mol. The summed E-state index contributed by atoms with van der Waals surface area (Å²) in [5.74, 6) is -7.81. The maximum Gasteiger partial charge on any atom is 0.329 e. The minimum atomic E-state index is -2.46. The Kier molecular flexibility index (Phi) is 42.0. The van der Waals surface area contributed by atoms with Gasteiger partial charge >= 0.3 is 5.97 Å². The second-order valence-electron chi connectivity index (χ2n) is 35.9. The SMILES string of the molecule is CO[C@H]1C[C@@H]2CC[C@@H](C)[C@@](O)(O2)C(=O)C(=O)N2CCCC[C@H]2C(=O)O[C@H]([C@H](C)C[C@@H]2CC[C@@H](OCCCCc3cn(CCOCCOCCOCCOCCOCCOCCOCCOCCC(=O)N4CCc5cc(Cn6nc(-c7ccc8oc(N)nc8c7)c7c(N)ncnc76)ccc5C4)nn3)[C@H](OC)C2)CC(=O)[C@H](C)/C=C(\C)[C@@H](O)[C@@H](OC)C(=O)[C@H](C)C[C@H](C)/C=C/C=C/C=C/1C. The Bertz CT molecular complexity index is 4820. The van der Waals surface area contributed by atoms with E-state index in [-0.39, 0.29) is 79.3 Å². The first-order chi connectivity index (χ1) is 64.3. The number of amides is 2. The molecule has 1 saturated carbocycles. The van der Waals surface area contributed by atoms with Gasteiger partial charge in [-0.25, -0.2) is 24.1 Å². The molecule has 35 nitrogen and oxygen atoms in total. The standard InChI is InChI=1S/C98H142N12O23/c1-64-18-12-11-13-19-65(2)83(119-8)58-77-27-22-70(7)98(118,133-77)92(115)95(116)109-32-16-14-21-79(109)96(117)131-84(59-80(111)66(3)53-69(6)90(114)91(121-10)89(113)68(5)52-64)67(4)54-71-24-28-82(85(56-71)120-9)130-35-17-15-20-76-62-108(106-104-76)34-37-123-39-41-125-43-45-127-47-49-129-51-50-128-48-46-126-44-42-124-40-38-122-36-31-86(112)107-33-30-73-55-72(23-25-75(73)61-107)60-110-94-87(93(99)101-63-102-94)88(105-110)74-26-29-81-78(57-74)103-97(100)132-81/h11-13,18-19,23,25-26,29,53,55,57,62-64,66-68,70-71,77,79,82-85,90-91,114,118H,14-17,20-22,24,27-28,30-52,54,56,58-61H2,1-10H3,(H2,100,103)(H2,99,101,102)/b13-11+,18-12+,65-19+,69-53+/t64-,66-,67-,68-,70-,71+,77+,79+,82-,83+,84+,85-,90-,91+,98-/m1/s1. The molecule has 2 amide bonds. The van der Waals surface area contributed by atoms with E-state index in [1.807, 2.05) is 86.0 Å². The first-order valence-electron chi connectivity index (χ1n) is 47.5. The summed E-state index contributed by atoms with van der Waals surface area (Å²) in [5, 5.41) is 38.1. The van der Waals surface area contributed by atoms with Gasteiger partial charge in [0.1, 0.15) is 53.5 Å². The Balaban J connectivity index is 0.503.